The van der Waals surface area contributed by atoms with Crippen LogP contribution < -0.4 is 9.47 Å². The third kappa shape index (κ3) is 2.35. The molecule has 1 aromatic rings. The van der Waals surface area contributed by atoms with Gasteiger partial charge in [0.25, 0.3) is 0 Å². The maximum Gasteiger partial charge on any atom is 0.179 e. The molecule has 0 aliphatic heterocycles. The Morgan fingerprint density at radius 2 is 1.88 bits per heavy atom. The molecule has 2 rings (SSSR count). The summed E-state index contributed by atoms with van der Waals surface area (Å²) in [5.74, 6) is 1.18. The summed E-state index contributed by atoms with van der Waals surface area (Å²) >= 11 is 6.10. The monoisotopic (exact) mass is 256 g/mol. The number of hydrogen-bond acceptors (Lipinski definition) is 3. The fourth-order valence-electron chi connectivity index (χ4n) is 2.04. The van der Waals surface area contributed by atoms with E-state index in [2.05, 4.69) is 0 Å². The average Bonchev–Trinajstić information content (AvgIpc) is 3.00. The molecule has 1 aliphatic rings. The van der Waals surface area contributed by atoms with Gasteiger partial charge in [-0.3, -0.25) is 0 Å². The molecule has 0 heterocycles. The molecule has 0 spiro atoms. The summed E-state index contributed by atoms with van der Waals surface area (Å²) in [5, 5.41) is 10.6. The van der Waals surface area contributed by atoms with Crippen LogP contribution in [-0.2, 0) is 6.42 Å². The lowest BCUT2D eigenvalue weighted by Crippen LogP contribution is -2.13. The third-order valence-corrected chi connectivity index (χ3v) is 3.54. The Hall–Kier alpha value is -0.930. The van der Waals surface area contributed by atoms with Gasteiger partial charge in [-0.15, -0.1) is 0 Å². The fraction of sp³-hybridized carbons (Fsp3) is 0.538. The summed E-state index contributed by atoms with van der Waals surface area (Å²) in [6.45, 7) is 1.97. The van der Waals surface area contributed by atoms with Crippen LogP contribution in [0.1, 0.15) is 24.0 Å². The summed E-state index contributed by atoms with van der Waals surface area (Å²) in [7, 11) is 3.16. The van der Waals surface area contributed by atoms with E-state index in [1.807, 2.05) is 13.0 Å². The van der Waals surface area contributed by atoms with Gasteiger partial charge in [-0.25, -0.2) is 0 Å². The first-order valence-electron chi connectivity index (χ1n) is 5.63. The Morgan fingerprint density at radius 1 is 1.29 bits per heavy atom. The zero-order valence-electron chi connectivity index (χ0n) is 10.3. The van der Waals surface area contributed by atoms with Crippen molar-refractivity contribution in [3.63, 3.8) is 0 Å². The van der Waals surface area contributed by atoms with Gasteiger partial charge in [0.05, 0.1) is 24.8 Å². The molecule has 17 heavy (non-hydrogen) atoms. The fourth-order valence-corrected chi connectivity index (χ4v) is 2.37. The van der Waals surface area contributed by atoms with Gasteiger partial charge in [0.15, 0.2) is 11.5 Å². The van der Waals surface area contributed by atoms with Crippen LogP contribution in [0.15, 0.2) is 6.07 Å². The third-order valence-electron chi connectivity index (χ3n) is 3.26. The molecular weight excluding hydrogens is 240 g/mol. The van der Waals surface area contributed by atoms with Crippen LogP contribution in [0.5, 0.6) is 11.5 Å². The van der Waals surface area contributed by atoms with E-state index in [9.17, 15) is 5.11 Å². The summed E-state index contributed by atoms with van der Waals surface area (Å²) in [5.41, 5.74) is 1.44. The Balaban J connectivity index is 2.48. The van der Waals surface area contributed by atoms with E-state index in [1.54, 1.807) is 14.2 Å². The van der Waals surface area contributed by atoms with Crippen LogP contribution >= 0.6 is 11.6 Å². The minimum absolute atomic E-state index is 0.536. The zero-order valence-corrected chi connectivity index (χ0v) is 11.1. The van der Waals surface area contributed by atoms with E-state index in [4.69, 9.17) is 21.1 Å². The lowest BCUT2D eigenvalue weighted by molar-refractivity contribution is 0.149. The maximum absolute atomic E-state index is 10.0. The summed E-state index contributed by atoms with van der Waals surface area (Å²) < 4.78 is 10.6. The number of methoxy groups -OCH3 is 2. The van der Waals surface area contributed by atoms with E-state index in [0.29, 0.717) is 22.9 Å². The summed E-state index contributed by atoms with van der Waals surface area (Å²) in [6, 6.07) is 1.85. The Kier molecular flexibility index (Phi) is 3.23. The van der Waals surface area contributed by atoms with Crippen molar-refractivity contribution in [1.29, 1.82) is 0 Å². The first kappa shape index (κ1) is 12.5. The summed E-state index contributed by atoms with van der Waals surface area (Å²) in [4.78, 5) is 0. The molecule has 1 aliphatic carbocycles. The molecule has 0 amide bonds. The van der Waals surface area contributed by atoms with Gasteiger partial charge in [-0.05, 0) is 31.4 Å². The van der Waals surface area contributed by atoms with Gasteiger partial charge >= 0.3 is 0 Å². The van der Waals surface area contributed by atoms with Crippen molar-refractivity contribution < 1.29 is 14.6 Å². The highest BCUT2D eigenvalue weighted by Crippen LogP contribution is 2.45. The van der Waals surface area contributed by atoms with Crippen molar-refractivity contribution in [3.05, 3.63) is 22.2 Å². The molecule has 0 saturated heterocycles. The minimum Gasteiger partial charge on any atom is -0.493 e. The van der Waals surface area contributed by atoms with Gasteiger partial charge in [-0.1, -0.05) is 11.6 Å². The minimum atomic E-state index is -0.559. The van der Waals surface area contributed by atoms with Crippen LogP contribution in [0.2, 0.25) is 5.02 Å². The van der Waals surface area contributed by atoms with Gasteiger partial charge in [0.1, 0.15) is 0 Å². The van der Waals surface area contributed by atoms with Gasteiger partial charge in [0, 0.05) is 12.0 Å². The van der Waals surface area contributed by atoms with Gasteiger partial charge in [0.2, 0.25) is 0 Å². The topological polar surface area (TPSA) is 38.7 Å². The molecule has 4 heteroatoms. The number of aryl methyl sites for hydroxylation is 1. The smallest absolute Gasteiger partial charge is 0.179 e. The molecule has 0 bridgehead atoms. The number of rotatable bonds is 4. The number of halogens is 1. The van der Waals surface area contributed by atoms with Crippen molar-refractivity contribution in [3.8, 4) is 11.5 Å². The van der Waals surface area contributed by atoms with Crippen LogP contribution in [0.3, 0.4) is 0 Å². The molecule has 1 aromatic carbocycles. The van der Waals surface area contributed by atoms with E-state index in [0.717, 1.165) is 24.0 Å². The van der Waals surface area contributed by atoms with Crippen molar-refractivity contribution >= 4 is 11.6 Å². The standard InChI is InChI=1S/C13H17ClO3/c1-8-6-10(14)12(17-3)11(16-2)9(8)7-13(15)4-5-13/h6,15H,4-5,7H2,1-3H3. The predicted molar refractivity (Wildman–Crippen MR) is 67.2 cm³/mol. The Morgan fingerprint density at radius 3 is 2.35 bits per heavy atom. The van der Waals surface area contributed by atoms with Crippen molar-refractivity contribution in [2.75, 3.05) is 14.2 Å². The second-order valence-corrected chi connectivity index (χ2v) is 5.03. The van der Waals surface area contributed by atoms with E-state index >= 15 is 0 Å². The molecule has 0 radical (unpaired) electrons. The first-order valence-corrected chi connectivity index (χ1v) is 6.01. The highest BCUT2D eigenvalue weighted by Gasteiger charge is 2.41. The van der Waals surface area contributed by atoms with Crippen molar-refractivity contribution in [1.82, 2.24) is 0 Å². The summed E-state index contributed by atoms with van der Waals surface area (Å²) in [6.07, 6.45) is 2.29. The van der Waals surface area contributed by atoms with Crippen LogP contribution in [0, 0.1) is 6.92 Å². The molecule has 0 atom stereocenters. The molecule has 1 N–H and O–H groups in total. The second kappa shape index (κ2) is 4.39. The zero-order chi connectivity index (χ0) is 12.6. The second-order valence-electron chi connectivity index (χ2n) is 4.62. The number of aliphatic hydroxyl groups is 1. The number of hydrogen-bond donors (Lipinski definition) is 1. The normalized spacial score (nSPS) is 16.8. The Bertz CT molecular complexity index is 439. The average molecular weight is 257 g/mol. The molecule has 1 fully saturated rings. The van der Waals surface area contributed by atoms with Crippen LogP contribution in [0.4, 0.5) is 0 Å². The molecule has 0 aromatic heterocycles. The Labute approximate surface area is 106 Å². The molecule has 0 unspecified atom stereocenters. The highest BCUT2D eigenvalue weighted by molar-refractivity contribution is 6.32. The molecule has 3 nitrogen and oxygen atoms in total. The van der Waals surface area contributed by atoms with Gasteiger partial charge in [-0.2, -0.15) is 0 Å². The lowest BCUT2D eigenvalue weighted by atomic mass is 9.99. The molecule has 1 saturated carbocycles. The van der Waals surface area contributed by atoms with Gasteiger partial charge < -0.3 is 14.6 Å². The predicted octanol–water partition coefficient (Wildman–Crippen LogP) is 2.73. The van der Waals surface area contributed by atoms with Crippen molar-refractivity contribution in [2.45, 2.75) is 31.8 Å². The SMILES string of the molecule is COc1c(Cl)cc(C)c(CC2(O)CC2)c1OC. The molecular formula is C13H17ClO3. The first-order chi connectivity index (χ1) is 8.00. The largest absolute Gasteiger partial charge is 0.493 e. The van der Waals surface area contributed by atoms with E-state index < -0.39 is 5.60 Å². The van der Waals surface area contributed by atoms with E-state index in [-0.39, 0.29) is 0 Å². The quantitative estimate of drug-likeness (QED) is 0.900. The molecule has 94 valence electrons. The number of benzene rings is 1. The van der Waals surface area contributed by atoms with Crippen LogP contribution in [-0.4, -0.2) is 24.9 Å². The lowest BCUT2D eigenvalue weighted by Gasteiger charge is -2.18. The van der Waals surface area contributed by atoms with Crippen molar-refractivity contribution in [2.24, 2.45) is 0 Å². The van der Waals surface area contributed by atoms with E-state index in [1.165, 1.54) is 0 Å². The van der Waals surface area contributed by atoms with Crippen LogP contribution in [0.25, 0.3) is 0 Å². The maximum atomic E-state index is 10.0. The highest BCUT2D eigenvalue weighted by atomic mass is 35.5. The number of ether oxygens (including phenoxy) is 2.